The van der Waals surface area contributed by atoms with Gasteiger partial charge in [-0.25, -0.2) is 0 Å². The van der Waals surface area contributed by atoms with Gasteiger partial charge in [-0.3, -0.25) is 10.1 Å². The van der Waals surface area contributed by atoms with E-state index in [9.17, 15) is 10.1 Å². The van der Waals surface area contributed by atoms with E-state index in [1.165, 1.54) is 24.3 Å². The average Bonchev–Trinajstić information content (AvgIpc) is 2.40. The fourth-order valence-corrected chi connectivity index (χ4v) is 3.31. The predicted molar refractivity (Wildman–Crippen MR) is 75.0 cm³/mol. The van der Waals surface area contributed by atoms with Crippen LogP contribution in [0.1, 0.15) is 31.4 Å². The molecule has 1 unspecified atom stereocenters. The topological polar surface area (TPSA) is 55.2 Å². The standard InChI is InChI=1S/C13H18N2O2S/c1-10(14-12-6-8-18-9-7-12)11-2-4-13(5-3-11)15(16)17/h2-5,10,12,14H,6-9H2,1H3. The second-order valence-electron chi connectivity index (χ2n) is 4.62. The van der Waals surface area contributed by atoms with Crippen LogP contribution in [-0.2, 0) is 0 Å². The number of rotatable bonds is 4. The molecule has 0 aliphatic carbocycles. The minimum Gasteiger partial charge on any atom is -0.307 e. The molecule has 1 saturated heterocycles. The summed E-state index contributed by atoms with van der Waals surface area (Å²) in [5.41, 5.74) is 1.26. The largest absolute Gasteiger partial charge is 0.307 e. The summed E-state index contributed by atoms with van der Waals surface area (Å²) < 4.78 is 0. The van der Waals surface area contributed by atoms with Crippen LogP contribution in [0.5, 0.6) is 0 Å². The highest BCUT2D eigenvalue weighted by molar-refractivity contribution is 7.99. The number of non-ortho nitro benzene ring substituents is 1. The van der Waals surface area contributed by atoms with Gasteiger partial charge in [0, 0.05) is 24.2 Å². The van der Waals surface area contributed by atoms with Crippen molar-refractivity contribution in [1.29, 1.82) is 0 Å². The number of nitro groups is 1. The van der Waals surface area contributed by atoms with Crippen LogP contribution < -0.4 is 5.32 Å². The molecule has 18 heavy (non-hydrogen) atoms. The molecule has 1 aliphatic heterocycles. The molecule has 1 aliphatic rings. The van der Waals surface area contributed by atoms with E-state index in [0.717, 1.165) is 5.56 Å². The Kier molecular flexibility index (Phi) is 4.60. The van der Waals surface area contributed by atoms with Gasteiger partial charge in [0.1, 0.15) is 0 Å². The smallest absolute Gasteiger partial charge is 0.269 e. The van der Waals surface area contributed by atoms with E-state index in [-0.39, 0.29) is 16.7 Å². The second kappa shape index (κ2) is 6.20. The summed E-state index contributed by atoms with van der Waals surface area (Å²) in [6, 6.07) is 7.66. The second-order valence-corrected chi connectivity index (χ2v) is 5.85. The normalized spacial score (nSPS) is 18.5. The molecule has 0 spiro atoms. The molecule has 5 heteroatoms. The van der Waals surface area contributed by atoms with Gasteiger partial charge in [0.15, 0.2) is 0 Å². The van der Waals surface area contributed by atoms with E-state index in [0.29, 0.717) is 6.04 Å². The third-order valence-corrected chi connectivity index (χ3v) is 4.36. The van der Waals surface area contributed by atoms with Crippen LogP contribution in [0.15, 0.2) is 24.3 Å². The summed E-state index contributed by atoms with van der Waals surface area (Å²) in [4.78, 5) is 10.2. The van der Waals surface area contributed by atoms with Crippen molar-refractivity contribution in [1.82, 2.24) is 5.32 Å². The van der Waals surface area contributed by atoms with Crippen molar-refractivity contribution in [2.75, 3.05) is 11.5 Å². The first kappa shape index (κ1) is 13.4. The Morgan fingerprint density at radius 2 is 1.94 bits per heavy atom. The molecule has 4 nitrogen and oxygen atoms in total. The summed E-state index contributed by atoms with van der Waals surface area (Å²) in [5, 5.41) is 14.2. The monoisotopic (exact) mass is 266 g/mol. The molecule has 0 saturated carbocycles. The van der Waals surface area contributed by atoms with Crippen LogP contribution in [0.2, 0.25) is 0 Å². The third kappa shape index (κ3) is 3.46. The molecular formula is C13H18N2O2S. The fraction of sp³-hybridized carbons (Fsp3) is 0.538. The zero-order valence-electron chi connectivity index (χ0n) is 10.5. The van der Waals surface area contributed by atoms with E-state index in [2.05, 4.69) is 12.2 Å². The molecule has 1 N–H and O–H groups in total. The van der Waals surface area contributed by atoms with Crippen molar-refractivity contribution >= 4 is 17.4 Å². The molecule has 0 radical (unpaired) electrons. The third-order valence-electron chi connectivity index (χ3n) is 3.31. The lowest BCUT2D eigenvalue weighted by Crippen LogP contribution is -2.34. The van der Waals surface area contributed by atoms with E-state index < -0.39 is 0 Å². The lowest BCUT2D eigenvalue weighted by Gasteiger charge is -2.26. The van der Waals surface area contributed by atoms with Crippen molar-refractivity contribution in [3.05, 3.63) is 39.9 Å². The predicted octanol–water partition coefficient (Wildman–Crippen LogP) is 3.14. The van der Waals surface area contributed by atoms with Crippen molar-refractivity contribution in [3.63, 3.8) is 0 Å². The molecule has 1 heterocycles. The first-order valence-corrected chi connectivity index (χ1v) is 7.40. The highest BCUT2D eigenvalue weighted by Crippen LogP contribution is 2.22. The molecule has 1 atom stereocenters. The number of hydrogen-bond donors (Lipinski definition) is 1. The van der Waals surface area contributed by atoms with Crippen molar-refractivity contribution in [2.24, 2.45) is 0 Å². The Labute approximate surface area is 111 Å². The van der Waals surface area contributed by atoms with Crippen LogP contribution in [0.3, 0.4) is 0 Å². The highest BCUT2D eigenvalue weighted by atomic mass is 32.2. The zero-order chi connectivity index (χ0) is 13.0. The maximum absolute atomic E-state index is 10.6. The summed E-state index contributed by atoms with van der Waals surface area (Å²) >= 11 is 2.01. The Morgan fingerprint density at radius 1 is 1.33 bits per heavy atom. The van der Waals surface area contributed by atoms with Gasteiger partial charge >= 0.3 is 0 Å². The lowest BCUT2D eigenvalue weighted by molar-refractivity contribution is -0.384. The van der Waals surface area contributed by atoms with Gasteiger partial charge in [0.2, 0.25) is 0 Å². The van der Waals surface area contributed by atoms with Gasteiger partial charge in [-0.2, -0.15) is 11.8 Å². The van der Waals surface area contributed by atoms with E-state index in [1.807, 2.05) is 23.9 Å². The molecular weight excluding hydrogens is 248 g/mol. The van der Waals surface area contributed by atoms with Gasteiger partial charge in [-0.05, 0) is 36.8 Å². The van der Waals surface area contributed by atoms with Gasteiger partial charge in [-0.15, -0.1) is 0 Å². The summed E-state index contributed by atoms with van der Waals surface area (Å²) in [6.45, 7) is 2.11. The van der Waals surface area contributed by atoms with Gasteiger partial charge in [0.05, 0.1) is 4.92 Å². The first-order valence-electron chi connectivity index (χ1n) is 6.25. The van der Waals surface area contributed by atoms with E-state index in [4.69, 9.17) is 0 Å². The minimum absolute atomic E-state index is 0.153. The lowest BCUT2D eigenvalue weighted by atomic mass is 10.0. The van der Waals surface area contributed by atoms with Gasteiger partial charge in [-0.1, -0.05) is 12.1 Å². The first-order chi connectivity index (χ1) is 8.66. The molecule has 2 rings (SSSR count). The van der Waals surface area contributed by atoms with Gasteiger partial charge < -0.3 is 5.32 Å². The Hall–Kier alpha value is -1.07. The summed E-state index contributed by atoms with van der Waals surface area (Å²) in [7, 11) is 0. The Bertz CT molecular complexity index is 402. The molecule has 0 amide bonds. The van der Waals surface area contributed by atoms with Crippen molar-refractivity contribution in [3.8, 4) is 0 Å². The van der Waals surface area contributed by atoms with E-state index in [1.54, 1.807) is 12.1 Å². The maximum Gasteiger partial charge on any atom is 0.269 e. The number of nitro benzene ring substituents is 1. The zero-order valence-corrected chi connectivity index (χ0v) is 11.3. The summed E-state index contributed by atoms with van der Waals surface area (Å²) in [5.74, 6) is 2.45. The number of benzene rings is 1. The number of nitrogens with one attached hydrogen (secondary N) is 1. The van der Waals surface area contributed by atoms with Crippen LogP contribution >= 0.6 is 11.8 Å². The maximum atomic E-state index is 10.6. The number of hydrogen-bond acceptors (Lipinski definition) is 4. The van der Waals surface area contributed by atoms with Crippen LogP contribution in [0.25, 0.3) is 0 Å². The van der Waals surface area contributed by atoms with Crippen LogP contribution in [-0.4, -0.2) is 22.5 Å². The van der Waals surface area contributed by atoms with Crippen LogP contribution in [0.4, 0.5) is 5.69 Å². The number of nitrogens with zero attached hydrogens (tertiary/aromatic N) is 1. The van der Waals surface area contributed by atoms with Gasteiger partial charge in [0.25, 0.3) is 5.69 Å². The molecule has 0 bridgehead atoms. The van der Waals surface area contributed by atoms with Crippen LogP contribution in [0, 0.1) is 10.1 Å². The fourth-order valence-electron chi connectivity index (χ4n) is 2.20. The Balaban J connectivity index is 1.95. The van der Waals surface area contributed by atoms with E-state index >= 15 is 0 Å². The molecule has 0 aromatic heterocycles. The quantitative estimate of drug-likeness (QED) is 0.672. The minimum atomic E-state index is -0.361. The van der Waals surface area contributed by atoms with Crippen molar-refractivity contribution in [2.45, 2.75) is 31.8 Å². The SMILES string of the molecule is CC(NC1CCSCC1)c1ccc([N+](=O)[O-])cc1. The number of thioether (sulfide) groups is 1. The average molecular weight is 266 g/mol. The molecule has 1 aromatic rings. The van der Waals surface area contributed by atoms with Crippen molar-refractivity contribution < 1.29 is 4.92 Å². The molecule has 1 aromatic carbocycles. The Morgan fingerprint density at radius 3 is 2.50 bits per heavy atom. The summed E-state index contributed by atoms with van der Waals surface area (Å²) in [6.07, 6.45) is 2.42. The molecule has 1 fully saturated rings. The highest BCUT2D eigenvalue weighted by Gasteiger charge is 2.17. The molecule has 98 valence electrons.